The van der Waals surface area contributed by atoms with Gasteiger partial charge >= 0.3 is 0 Å². The van der Waals surface area contributed by atoms with Crippen LogP contribution in [-0.4, -0.2) is 0 Å². The van der Waals surface area contributed by atoms with E-state index in [-0.39, 0.29) is 0 Å². The lowest BCUT2D eigenvalue weighted by Gasteiger charge is -2.03. The largest absolute Gasteiger partial charge is 0.399 e. The fourth-order valence-corrected chi connectivity index (χ4v) is 4.00. The van der Waals surface area contributed by atoms with E-state index >= 15 is 0 Å². The first-order valence-corrected chi connectivity index (χ1v) is 6.79. The maximum absolute atomic E-state index is 5.71. The van der Waals surface area contributed by atoms with E-state index in [9.17, 15) is 0 Å². The highest BCUT2D eigenvalue weighted by atomic mass is 79.9. The number of thiophene rings is 1. The van der Waals surface area contributed by atoms with Crippen molar-refractivity contribution >= 4 is 48.9 Å². The number of anilines is 1. The van der Waals surface area contributed by atoms with Gasteiger partial charge in [0, 0.05) is 30.0 Å². The molecule has 0 aliphatic rings. The Labute approximate surface area is 110 Å². The van der Waals surface area contributed by atoms with Crippen LogP contribution in [-0.2, 0) is 0 Å². The minimum absolute atomic E-state index is 0.773. The van der Waals surface area contributed by atoms with Gasteiger partial charge in [0.2, 0.25) is 0 Å². The van der Waals surface area contributed by atoms with Crippen LogP contribution in [0.4, 0.5) is 5.69 Å². The highest BCUT2D eigenvalue weighted by Gasteiger charge is 2.10. The summed E-state index contributed by atoms with van der Waals surface area (Å²) in [6.45, 7) is 2.10. The van der Waals surface area contributed by atoms with Crippen molar-refractivity contribution in [3.05, 3.63) is 38.1 Å². The van der Waals surface area contributed by atoms with Crippen molar-refractivity contribution in [3.63, 3.8) is 0 Å². The summed E-state index contributed by atoms with van der Waals surface area (Å²) in [5.74, 6) is 0. The number of nitrogens with two attached hydrogens (primary N) is 1. The number of hydrogen-bond acceptors (Lipinski definition) is 2. The third-order valence-electron chi connectivity index (χ3n) is 2.05. The molecule has 0 amide bonds. The van der Waals surface area contributed by atoms with Gasteiger partial charge in [-0.1, -0.05) is 22.0 Å². The van der Waals surface area contributed by atoms with Crippen LogP contribution in [0.2, 0.25) is 0 Å². The molecule has 0 bridgehead atoms. The zero-order valence-electron chi connectivity index (χ0n) is 8.05. The molecule has 1 aromatic heterocycles. The molecule has 0 fully saturated rings. The van der Waals surface area contributed by atoms with E-state index in [1.54, 1.807) is 11.3 Å². The Morgan fingerprint density at radius 3 is 2.40 bits per heavy atom. The fourth-order valence-electron chi connectivity index (χ4n) is 1.38. The summed E-state index contributed by atoms with van der Waals surface area (Å²) in [6.07, 6.45) is 0. The van der Waals surface area contributed by atoms with Crippen LogP contribution in [0.1, 0.15) is 4.88 Å². The van der Waals surface area contributed by atoms with Crippen molar-refractivity contribution < 1.29 is 0 Å². The molecule has 78 valence electrons. The highest BCUT2D eigenvalue weighted by molar-refractivity contribution is 9.11. The number of rotatable bonds is 1. The second kappa shape index (κ2) is 4.28. The smallest absolute Gasteiger partial charge is 0.0499 e. The molecule has 0 unspecified atom stereocenters. The van der Waals surface area contributed by atoms with Gasteiger partial charge < -0.3 is 5.73 Å². The van der Waals surface area contributed by atoms with Crippen molar-refractivity contribution in [1.82, 2.24) is 0 Å². The van der Waals surface area contributed by atoms with Gasteiger partial charge in [0.25, 0.3) is 0 Å². The molecule has 2 rings (SSSR count). The van der Waals surface area contributed by atoms with Crippen LogP contribution in [0.5, 0.6) is 0 Å². The van der Waals surface area contributed by atoms with E-state index in [4.69, 9.17) is 5.73 Å². The van der Waals surface area contributed by atoms with Crippen molar-refractivity contribution in [1.29, 1.82) is 0 Å². The van der Waals surface area contributed by atoms with Crippen molar-refractivity contribution in [2.45, 2.75) is 6.92 Å². The number of hydrogen-bond donors (Lipinski definition) is 1. The second-order valence-corrected chi connectivity index (χ2v) is 6.24. The Morgan fingerprint density at radius 1 is 1.13 bits per heavy atom. The van der Waals surface area contributed by atoms with Gasteiger partial charge in [0.05, 0.1) is 0 Å². The SMILES string of the molecule is Cc1cc(Br)c(-c2ccc(N)cc2Br)s1. The Kier molecular flexibility index (Phi) is 3.19. The fraction of sp³-hybridized carbons (Fsp3) is 0.0909. The quantitative estimate of drug-likeness (QED) is 0.735. The molecule has 0 spiro atoms. The Balaban J connectivity index is 2.59. The average Bonchev–Trinajstić information content (AvgIpc) is 2.45. The maximum Gasteiger partial charge on any atom is 0.0499 e. The number of benzene rings is 1. The molecule has 0 aliphatic heterocycles. The summed E-state index contributed by atoms with van der Waals surface area (Å²) in [5, 5.41) is 0. The van der Waals surface area contributed by atoms with Gasteiger partial charge in [0.15, 0.2) is 0 Å². The molecule has 0 saturated heterocycles. The first-order chi connectivity index (χ1) is 7.08. The second-order valence-electron chi connectivity index (χ2n) is 3.27. The molecule has 2 aromatic rings. The zero-order chi connectivity index (χ0) is 11.0. The predicted octanol–water partition coefficient (Wildman–Crippen LogP) is 4.83. The molecule has 4 heteroatoms. The Bertz CT molecular complexity index is 505. The first kappa shape index (κ1) is 11.2. The topological polar surface area (TPSA) is 26.0 Å². The van der Waals surface area contributed by atoms with E-state index in [2.05, 4.69) is 44.8 Å². The lowest BCUT2D eigenvalue weighted by molar-refractivity contribution is 1.60. The summed E-state index contributed by atoms with van der Waals surface area (Å²) in [6, 6.07) is 8.01. The molecule has 1 aromatic carbocycles. The van der Waals surface area contributed by atoms with Crippen molar-refractivity contribution in [2.75, 3.05) is 5.73 Å². The van der Waals surface area contributed by atoms with Gasteiger partial charge in [-0.15, -0.1) is 11.3 Å². The van der Waals surface area contributed by atoms with E-state index in [1.807, 2.05) is 18.2 Å². The molecule has 0 saturated carbocycles. The molecule has 0 aliphatic carbocycles. The molecule has 15 heavy (non-hydrogen) atoms. The maximum atomic E-state index is 5.71. The Morgan fingerprint density at radius 2 is 1.87 bits per heavy atom. The molecule has 2 N–H and O–H groups in total. The third kappa shape index (κ3) is 2.27. The summed E-state index contributed by atoms with van der Waals surface area (Å²) in [5.41, 5.74) is 7.66. The van der Waals surface area contributed by atoms with Gasteiger partial charge in [-0.25, -0.2) is 0 Å². The highest BCUT2D eigenvalue weighted by Crippen LogP contribution is 2.40. The van der Waals surface area contributed by atoms with Crippen LogP contribution < -0.4 is 5.73 Å². The lowest BCUT2D eigenvalue weighted by atomic mass is 10.2. The minimum Gasteiger partial charge on any atom is -0.399 e. The van der Waals surface area contributed by atoms with Gasteiger partial charge in [0.1, 0.15) is 0 Å². The van der Waals surface area contributed by atoms with Gasteiger partial charge in [-0.3, -0.25) is 0 Å². The van der Waals surface area contributed by atoms with Gasteiger partial charge in [-0.05, 0) is 41.1 Å². The van der Waals surface area contributed by atoms with Crippen LogP contribution in [0, 0.1) is 6.92 Å². The lowest BCUT2D eigenvalue weighted by Crippen LogP contribution is -1.85. The first-order valence-electron chi connectivity index (χ1n) is 4.39. The summed E-state index contributed by atoms with van der Waals surface area (Å²) < 4.78 is 2.17. The normalized spacial score (nSPS) is 10.6. The van der Waals surface area contributed by atoms with Crippen LogP contribution >= 0.6 is 43.2 Å². The Hall–Kier alpha value is -0.320. The molecule has 0 atom stereocenters. The van der Waals surface area contributed by atoms with Crippen LogP contribution in [0.3, 0.4) is 0 Å². The monoisotopic (exact) mass is 345 g/mol. The molecular formula is C11H9Br2NS. The summed E-state index contributed by atoms with van der Waals surface area (Å²) in [7, 11) is 0. The van der Waals surface area contributed by atoms with E-state index in [1.165, 1.54) is 15.3 Å². The minimum atomic E-state index is 0.773. The number of aryl methyl sites for hydroxylation is 1. The van der Waals surface area contributed by atoms with E-state index in [0.29, 0.717) is 0 Å². The average molecular weight is 347 g/mol. The molecule has 1 heterocycles. The standard InChI is InChI=1S/C11H9Br2NS/c1-6-4-10(13)11(15-6)8-3-2-7(14)5-9(8)12/h2-5H,14H2,1H3. The number of nitrogen functional groups attached to an aromatic ring is 1. The van der Waals surface area contributed by atoms with Crippen LogP contribution in [0.25, 0.3) is 10.4 Å². The molecule has 0 radical (unpaired) electrons. The number of halogens is 2. The van der Waals surface area contributed by atoms with E-state index < -0.39 is 0 Å². The zero-order valence-corrected chi connectivity index (χ0v) is 12.0. The van der Waals surface area contributed by atoms with Crippen molar-refractivity contribution in [3.8, 4) is 10.4 Å². The summed E-state index contributed by atoms with van der Waals surface area (Å²) >= 11 is 8.87. The van der Waals surface area contributed by atoms with Crippen molar-refractivity contribution in [2.24, 2.45) is 0 Å². The summed E-state index contributed by atoms with van der Waals surface area (Å²) in [4.78, 5) is 2.53. The third-order valence-corrected chi connectivity index (χ3v) is 4.68. The predicted molar refractivity (Wildman–Crippen MR) is 74.3 cm³/mol. The molecule has 1 nitrogen and oxygen atoms in total. The molecular weight excluding hydrogens is 338 g/mol. The van der Waals surface area contributed by atoms with Crippen LogP contribution in [0.15, 0.2) is 33.2 Å². The van der Waals surface area contributed by atoms with E-state index in [0.717, 1.165) is 14.6 Å². The van der Waals surface area contributed by atoms with Gasteiger partial charge in [-0.2, -0.15) is 0 Å².